The Morgan fingerprint density at radius 2 is 2.07 bits per heavy atom. The minimum atomic E-state index is -0.236. The Bertz CT molecular complexity index is 357. The van der Waals surface area contributed by atoms with Crippen LogP contribution in [0.25, 0.3) is 0 Å². The molecule has 0 bridgehead atoms. The summed E-state index contributed by atoms with van der Waals surface area (Å²) in [5.74, 6) is 0. The van der Waals surface area contributed by atoms with E-state index in [1.165, 1.54) is 0 Å². The van der Waals surface area contributed by atoms with E-state index in [0.717, 1.165) is 11.1 Å². The van der Waals surface area contributed by atoms with Crippen LogP contribution in [0.15, 0.2) is 12.1 Å². The van der Waals surface area contributed by atoms with Gasteiger partial charge in [-0.25, -0.2) is 4.79 Å². The molecule has 0 spiro atoms. The highest BCUT2D eigenvalue weighted by Gasteiger charge is 2.06. The van der Waals surface area contributed by atoms with Gasteiger partial charge in [-0.1, -0.05) is 23.2 Å². The van der Waals surface area contributed by atoms with Crippen molar-refractivity contribution < 1.29 is 4.79 Å². The number of amides is 2. The Hall–Kier alpha value is -0.930. The molecule has 0 aliphatic heterocycles. The predicted molar refractivity (Wildman–Crippen MR) is 62.5 cm³/mol. The van der Waals surface area contributed by atoms with Gasteiger partial charge in [0.2, 0.25) is 0 Å². The van der Waals surface area contributed by atoms with Gasteiger partial charge in [-0.15, -0.1) is 0 Å². The molecule has 15 heavy (non-hydrogen) atoms. The van der Waals surface area contributed by atoms with Gasteiger partial charge in [0.1, 0.15) is 0 Å². The van der Waals surface area contributed by atoms with Crippen LogP contribution in [0.3, 0.4) is 0 Å². The average Bonchev–Trinajstić information content (AvgIpc) is 2.15. The van der Waals surface area contributed by atoms with Crippen LogP contribution in [-0.4, -0.2) is 13.1 Å². The first-order valence-corrected chi connectivity index (χ1v) is 5.20. The minimum Gasteiger partial charge on any atom is -0.341 e. The van der Waals surface area contributed by atoms with Crippen molar-refractivity contribution in [2.45, 2.75) is 13.5 Å². The van der Waals surface area contributed by atoms with Crippen molar-refractivity contribution >= 4 is 29.2 Å². The van der Waals surface area contributed by atoms with E-state index in [9.17, 15) is 4.79 Å². The molecule has 0 aromatic heterocycles. The molecule has 0 saturated heterocycles. The maximum Gasteiger partial charge on any atom is 0.314 e. The summed E-state index contributed by atoms with van der Waals surface area (Å²) in [5, 5.41) is 6.30. The summed E-state index contributed by atoms with van der Waals surface area (Å²) in [6.07, 6.45) is 0. The molecule has 2 N–H and O–H groups in total. The van der Waals surface area contributed by atoms with Gasteiger partial charge >= 0.3 is 6.03 Å². The molecule has 0 aliphatic carbocycles. The summed E-state index contributed by atoms with van der Waals surface area (Å²) in [4.78, 5) is 11.0. The summed E-state index contributed by atoms with van der Waals surface area (Å²) >= 11 is 11.8. The lowest BCUT2D eigenvalue weighted by Crippen LogP contribution is -2.32. The van der Waals surface area contributed by atoms with Gasteiger partial charge in [-0.2, -0.15) is 0 Å². The highest BCUT2D eigenvalue weighted by molar-refractivity contribution is 6.35. The molecule has 5 heteroatoms. The molecule has 0 heterocycles. The first kappa shape index (κ1) is 12.1. The normalized spacial score (nSPS) is 9.87. The summed E-state index contributed by atoms with van der Waals surface area (Å²) in [5.41, 5.74) is 1.84. The molecule has 1 rings (SSSR count). The van der Waals surface area contributed by atoms with Crippen LogP contribution in [0.5, 0.6) is 0 Å². The van der Waals surface area contributed by atoms with Crippen molar-refractivity contribution in [2.24, 2.45) is 0 Å². The van der Waals surface area contributed by atoms with Gasteiger partial charge < -0.3 is 10.6 Å². The number of benzene rings is 1. The van der Waals surface area contributed by atoms with Gasteiger partial charge in [-0.05, 0) is 30.2 Å². The third-order valence-corrected chi connectivity index (χ3v) is 2.59. The third-order valence-electron chi connectivity index (χ3n) is 2.04. The molecule has 0 aliphatic rings. The lowest BCUT2D eigenvalue weighted by Gasteiger charge is -2.10. The van der Waals surface area contributed by atoms with Crippen LogP contribution in [0.4, 0.5) is 4.79 Å². The Balaban J connectivity index is 2.81. The lowest BCUT2D eigenvalue weighted by molar-refractivity contribution is 0.242. The topological polar surface area (TPSA) is 41.1 Å². The molecule has 0 fully saturated rings. The number of carbonyl (C=O) groups is 1. The number of nitrogens with one attached hydrogen (secondary N) is 2. The first-order valence-electron chi connectivity index (χ1n) is 4.44. The Kier molecular flexibility index (Phi) is 4.24. The van der Waals surface area contributed by atoms with Gasteiger partial charge in [0.15, 0.2) is 0 Å². The van der Waals surface area contributed by atoms with Crippen LogP contribution in [0.1, 0.15) is 11.1 Å². The first-order chi connectivity index (χ1) is 7.04. The van der Waals surface area contributed by atoms with E-state index >= 15 is 0 Å². The molecule has 2 amide bonds. The number of aryl methyl sites for hydroxylation is 1. The zero-order chi connectivity index (χ0) is 11.4. The van der Waals surface area contributed by atoms with Crippen molar-refractivity contribution in [1.82, 2.24) is 10.6 Å². The monoisotopic (exact) mass is 246 g/mol. The Labute approximate surface area is 98.8 Å². The fourth-order valence-electron chi connectivity index (χ4n) is 1.21. The summed E-state index contributed by atoms with van der Waals surface area (Å²) in [6, 6.07) is 3.24. The van der Waals surface area contributed by atoms with Crippen molar-refractivity contribution in [2.75, 3.05) is 7.05 Å². The van der Waals surface area contributed by atoms with Crippen LogP contribution < -0.4 is 10.6 Å². The van der Waals surface area contributed by atoms with E-state index in [4.69, 9.17) is 23.2 Å². The van der Waals surface area contributed by atoms with Gasteiger partial charge in [0.05, 0.1) is 0 Å². The molecule has 0 atom stereocenters. The number of hydrogen-bond donors (Lipinski definition) is 2. The van der Waals surface area contributed by atoms with E-state index in [1.54, 1.807) is 13.1 Å². The summed E-state index contributed by atoms with van der Waals surface area (Å²) in [7, 11) is 1.56. The molecule has 0 unspecified atom stereocenters. The molecule has 0 radical (unpaired) electrons. The lowest BCUT2D eigenvalue weighted by atomic mass is 10.1. The van der Waals surface area contributed by atoms with Crippen molar-refractivity contribution in [3.8, 4) is 0 Å². The fourth-order valence-corrected chi connectivity index (χ4v) is 1.88. The van der Waals surface area contributed by atoms with Gasteiger partial charge in [0.25, 0.3) is 0 Å². The molecule has 3 nitrogen and oxygen atoms in total. The van der Waals surface area contributed by atoms with E-state index in [1.807, 2.05) is 13.0 Å². The van der Waals surface area contributed by atoms with E-state index < -0.39 is 0 Å². The molecular formula is C10H12Cl2N2O. The van der Waals surface area contributed by atoms with Crippen molar-refractivity contribution in [3.05, 3.63) is 33.3 Å². The Morgan fingerprint density at radius 3 is 2.60 bits per heavy atom. The van der Waals surface area contributed by atoms with E-state index in [2.05, 4.69) is 10.6 Å². The highest BCUT2D eigenvalue weighted by atomic mass is 35.5. The highest BCUT2D eigenvalue weighted by Crippen LogP contribution is 2.24. The third kappa shape index (κ3) is 3.29. The van der Waals surface area contributed by atoms with Crippen LogP contribution >= 0.6 is 23.2 Å². The van der Waals surface area contributed by atoms with Crippen LogP contribution in [0.2, 0.25) is 10.0 Å². The number of hydrogen-bond acceptors (Lipinski definition) is 1. The number of rotatable bonds is 2. The van der Waals surface area contributed by atoms with Crippen LogP contribution in [-0.2, 0) is 6.54 Å². The zero-order valence-electron chi connectivity index (χ0n) is 8.53. The SMILES string of the molecule is CNC(=O)NCc1c(C)cc(Cl)cc1Cl. The molecule has 0 saturated carbocycles. The second-order valence-corrected chi connectivity index (χ2v) is 3.96. The van der Waals surface area contributed by atoms with Crippen LogP contribution in [0, 0.1) is 6.92 Å². The van der Waals surface area contributed by atoms with E-state index in [0.29, 0.717) is 16.6 Å². The second-order valence-electron chi connectivity index (χ2n) is 3.12. The minimum absolute atomic E-state index is 0.236. The maximum atomic E-state index is 11.0. The quantitative estimate of drug-likeness (QED) is 0.828. The molecule has 1 aromatic rings. The number of carbonyl (C=O) groups excluding carboxylic acids is 1. The molecular weight excluding hydrogens is 235 g/mol. The Morgan fingerprint density at radius 1 is 1.40 bits per heavy atom. The second kappa shape index (κ2) is 5.24. The maximum absolute atomic E-state index is 11.0. The summed E-state index contributed by atoms with van der Waals surface area (Å²) in [6.45, 7) is 2.29. The zero-order valence-corrected chi connectivity index (χ0v) is 10.0. The summed E-state index contributed by atoms with van der Waals surface area (Å²) < 4.78 is 0. The van der Waals surface area contributed by atoms with Crippen molar-refractivity contribution in [3.63, 3.8) is 0 Å². The molecule has 82 valence electrons. The largest absolute Gasteiger partial charge is 0.341 e. The van der Waals surface area contributed by atoms with Gasteiger partial charge in [-0.3, -0.25) is 0 Å². The fraction of sp³-hybridized carbons (Fsp3) is 0.300. The number of halogens is 2. The molecule has 1 aromatic carbocycles. The smallest absolute Gasteiger partial charge is 0.314 e. The van der Waals surface area contributed by atoms with E-state index in [-0.39, 0.29) is 6.03 Å². The van der Waals surface area contributed by atoms with Gasteiger partial charge in [0, 0.05) is 23.6 Å². The average molecular weight is 247 g/mol. The number of urea groups is 1. The standard InChI is InChI=1S/C10H12Cl2N2O/c1-6-3-7(11)4-9(12)8(6)5-14-10(15)13-2/h3-4H,5H2,1-2H3,(H2,13,14,15). The predicted octanol–water partition coefficient (Wildman–Crippen LogP) is 2.73. The van der Waals surface area contributed by atoms with Crippen molar-refractivity contribution in [1.29, 1.82) is 0 Å².